The molecule has 0 aromatic carbocycles. The zero-order valence-electron chi connectivity index (χ0n) is 9.95. The number of methoxy groups -OCH3 is 1. The standard InChI is InChI=1S/C11H12N4O2S/c1-15-6-5-13-11(15)18-9-7(12)3-4-8(14-9)10(16)17-2/h3-6H,12H2,1-2H3. The van der Waals surface area contributed by atoms with Crippen molar-refractivity contribution in [1.82, 2.24) is 14.5 Å². The summed E-state index contributed by atoms with van der Waals surface area (Å²) in [6, 6.07) is 3.16. The highest BCUT2D eigenvalue weighted by Crippen LogP contribution is 2.28. The van der Waals surface area contributed by atoms with E-state index >= 15 is 0 Å². The number of hydrogen-bond acceptors (Lipinski definition) is 6. The second kappa shape index (κ2) is 5.09. The molecule has 0 radical (unpaired) electrons. The molecule has 2 heterocycles. The minimum atomic E-state index is -0.489. The maximum absolute atomic E-state index is 11.4. The molecule has 0 fully saturated rings. The molecule has 2 rings (SSSR count). The van der Waals surface area contributed by atoms with Crippen molar-refractivity contribution < 1.29 is 9.53 Å². The van der Waals surface area contributed by atoms with Crippen molar-refractivity contribution in [2.45, 2.75) is 10.2 Å². The van der Waals surface area contributed by atoms with Gasteiger partial charge >= 0.3 is 5.97 Å². The molecule has 0 unspecified atom stereocenters. The average Bonchev–Trinajstić information content (AvgIpc) is 2.77. The van der Waals surface area contributed by atoms with Gasteiger partial charge in [0.05, 0.1) is 12.8 Å². The first-order valence-corrected chi connectivity index (χ1v) is 5.93. The zero-order valence-corrected chi connectivity index (χ0v) is 10.8. The zero-order chi connectivity index (χ0) is 13.1. The van der Waals surface area contributed by atoms with Gasteiger partial charge in [-0.2, -0.15) is 0 Å². The Hall–Kier alpha value is -2.02. The van der Waals surface area contributed by atoms with Gasteiger partial charge in [-0.15, -0.1) is 0 Å². The van der Waals surface area contributed by atoms with Gasteiger partial charge in [-0.25, -0.2) is 14.8 Å². The van der Waals surface area contributed by atoms with E-state index in [1.807, 2.05) is 17.8 Å². The lowest BCUT2D eigenvalue weighted by molar-refractivity contribution is 0.0593. The van der Waals surface area contributed by atoms with Crippen LogP contribution in [0.15, 0.2) is 34.7 Å². The fraction of sp³-hybridized carbons (Fsp3) is 0.182. The Morgan fingerprint density at radius 2 is 2.28 bits per heavy atom. The third kappa shape index (κ3) is 2.45. The van der Waals surface area contributed by atoms with Crippen LogP contribution >= 0.6 is 11.8 Å². The molecular weight excluding hydrogens is 252 g/mol. The molecule has 94 valence electrons. The fourth-order valence-corrected chi connectivity index (χ4v) is 2.11. The predicted octanol–water partition coefficient (Wildman–Crippen LogP) is 1.34. The first-order chi connectivity index (χ1) is 8.61. The van der Waals surface area contributed by atoms with Crippen molar-refractivity contribution in [3.8, 4) is 0 Å². The maximum Gasteiger partial charge on any atom is 0.356 e. The normalized spacial score (nSPS) is 10.3. The average molecular weight is 264 g/mol. The highest BCUT2D eigenvalue weighted by Gasteiger charge is 2.12. The molecule has 0 saturated heterocycles. The van der Waals surface area contributed by atoms with E-state index in [1.165, 1.54) is 24.9 Å². The number of nitrogens with two attached hydrogens (primary N) is 1. The second-order valence-electron chi connectivity index (χ2n) is 3.51. The van der Waals surface area contributed by atoms with Crippen LogP contribution in [0.25, 0.3) is 0 Å². The Morgan fingerprint density at radius 1 is 1.50 bits per heavy atom. The van der Waals surface area contributed by atoms with Crippen LogP contribution in [-0.4, -0.2) is 27.6 Å². The van der Waals surface area contributed by atoms with Gasteiger partial charge < -0.3 is 15.0 Å². The number of nitrogen functional groups attached to an aromatic ring is 1. The minimum absolute atomic E-state index is 0.225. The number of hydrogen-bond donors (Lipinski definition) is 1. The Bertz CT molecular complexity index is 582. The summed E-state index contributed by atoms with van der Waals surface area (Å²) >= 11 is 1.30. The lowest BCUT2D eigenvalue weighted by Crippen LogP contribution is -2.06. The molecule has 0 bridgehead atoms. The van der Waals surface area contributed by atoms with Gasteiger partial charge in [0.15, 0.2) is 5.16 Å². The summed E-state index contributed by atoms with van der Waals surface area (Å²) in [4.78, 5) is 19.7. The molecule has 0 aliphatic rings. The number of aryl methyl sites for hydroxylation is 1. The summed E-state index contributed by atoms with van der Waals surface area (Å²) in [7, 11) is 3.18. The van der Waals surface area contributed by atoms with Gasteiger partial charge in [-0.05, 0) is 23.9 Å². The molecule has 0 aliphatic carbocycles. The smallest absolute Gasteiger partial charge is 0.356 e. The molecule has 2 aromatic heterocycles. The Morgan fingerprint density at radius 3 is 2.89 bits per heavy atom. The van der Waals surface area contributed by atoms with E-state index in [-0.39, 0.29) is 5.69 Å². The number of pyridine rings is 1. The molecular formula is C11H12N4O2S. The number of rotatable bonds is 3. The van der Waals surface area contributed by atoms with Crippen LogP contribution in [0.5, 0.6) is 0 Å². The lowest BCUT2D eigenvalue weighted by Gasteiger charge is -2.06. The van der Waals surface area contributed by atoms with E-state index in [2.05, 4.69) is 14.7 Å². The van der Waals surface area contributed by atoms with Crippen LogP contribution in [0, 0.1) is 0 Å². The van der Waals surface area contributed by atoms with Crippen LogP contribution in [-0.2, 0) is 11.8 Å². The molecule has 6 nitrogen and oxygen atoms in total. The van der Waals surface area contributed by atoms with Gasteiger partial charge in [0.25, 0.3) is 0 Å². The predicted molar refractivity (Wildman–Crippen MR) is 67.3 cm³/mol. The van der Waals surface area contributed by atoms with E-state index in [0.29, 0.717) is 10.7 Å². The van der Waals surface area contributed by atoms with Crippen LogP contribution in [0.2, 0.25) is 0 Å². The first kappa shape index (κ1) is 12.4. The van der Waals surface area contributed by atoms with Gasteiger partial charge in [0, 0.05) is 19.4 Å². The fourth-order valence-electron chi connectivity index (χ4n) is 1.29. The Labute approximate surface area is 108 Å². The molecule has 2 N–H and O–H groups in total. The molecule has 2 aromatic rings. The van der Waals surface area contributed by atoms with E-state index in [9.17, 15) is 4.79 Å². The Kier molecular flexibility index (Phi) is 3.52. The summed E-state index contributed by atoms with van der Waals surface area (Å²) in [6.07, 6.45) is 3.51. The molecule has 18 heavy (non-hydrogen) atoms. The molecule has 0 aliphatic heterocycles. The van der Waals surface area contributed by atoms with Crippen molar-refractivity contribution in [1.29, 1.82) is 0 Å². The van der Waals surface area contributed by atoms with Crippen LogP contribution < -0.4 is 5.73 Å². The van der Waals surface area contributed by atoms with E-state index in [1.54, 1.807) is 12.3 Å². The molecule has 0 amide bonds. The van der Waals surface area contributed by atoms with Crippen molar-refractivity contribution in [2.75, 3.05) is 12.8 Å². The first-order valence-electron chi connectivity index (χ1n) is 5.12. The van der Waals surface area contributed by atoms with Crippen molar-refractivity contribution in [3.05, 3.63) is 30.2 Å². The van der Waals surface area contributed by atoms with Crippen LogP contribution in [0.4, 0.5) is 5.69 Å². The van der Waals surface area contributed by atoms with Crippen molar-refractivity contribution >= 4 is 23.4 Å². The Balaban J connectivity index is 2.32. The number of imidazole rings is 1. The van der Waals surface area contributed by atoms with Crippen molar-refractivity contribution in [3.63, 3.8) is 0 Å². The maximum atomic E-state index is 11.4. The van der Waals surface area contributed by atoms with Gasteiger partial charge in [-0.3, -0.25) is 0 Å². The summed E-state index contributed by atoms with van der Waals surface area (Å²) in [5.74, 6) is -0.489. The highest BCUT2D eigenvalue weighted by molar-refractivity contribution is 7.99. The highest BCUT2D eigenvalue weighted by atomic mass is 32.2. The van der Waals surface area contributed by atoms with Crippen LogP contribution in [0.3, 0.4) is 0 Å². The number of anilines is 1. The second-order valence-corrected chi connectivity index (χ2v) is 4.46. The topological polar surface area (TPSA) is 83.0 Å². The molecule has 0 atom stereocenters. The number of carbonyl (C=O) groups excluding carboxylic acids is 1. The molecule has 0 saturated carbocycles. The molecule has 0 spiro atoms. The summed E-state index contributed by atoms with van der Waals surface area (Å²) in [5, 5.41) is 1.28. The third-order valence-corrected chi connectivity index (χ3v) is 3.35. The van der Waals surface area contributed by atoms with E-state index in [0.717, 1.165) is 5.16 Å². The van der Waals surface area contributed by atoms with E-state index < -0.39 is 5.97 Å². The summed E-state index contributed by atoms with van der Waals surface area (Å²) in [6.45, 7) is 0. The quantitative estimate of drug-likeness (QED) is 0.842. The van der Waals surface area contributed by atoms with Gasteiger partial charge in [-0.1, -0.05) is 0 Å². The monoisotopic (exact) mass is 264 g/mol. The molecule has 7 heteroatoms. The number of nitrogens with zero attached hydrogens (tertiary/aromatic N) is 3. The number of carbonyl (C=O) groups is 1. The number of esters is 1. The number of ether oxygens (including phenoxy) is 1. The van der Waals surface area contributed by atoms with Crippen LogP contribution in [0.1, 0.15) is 10.5 Å². The minimum Gasteiger partial charge on any atom is -0.464 e. The third-order valence-electron chi connectivity index (χ3n) is 2.25. The van der Waals surface area contributed by atoms with Gasteiger partial charge in [0.2, 0.25) is 0 Å². The lowest BCUT2D eigenvalue weighted by atomic mass is 10.3. The van der Waals surface area contributed by atoms with E-state index in [4.69, 9.17) is 5.73 Å². The summed E-state index contributed by atoms with van der Waals surface area (Å²) in [5.41, 5.74) is 6.55. The van der Waals surface area contributed by atoms with Gasteiger partial charge in [0.1, 0.15) is 10.7 Å². The number of aromatic nitrogens is 3. The summed E-state index contributed by atoms with van der Waals surface area (Å²) < 4.78 is 6.46. The SMILES string of the molecule is COC(=O)c1ccc(N)c(Sc2nccn2C)n1. The largest absolute Gasteiger partial charge is 0.464 e. The van der Waals surface area contributed by atoms with Crippen molar-refractivity contribution in [2.24, 2.45) is 7.05 Å².